The zero-order valence-electron chi connectivity index (χ0n) is 15.3. The van der Waals surface area contributed by atoms with Crippen LogP contribution < -0.4 is 4.90 Å². The Morgan fingerprint density at radius 2 is 1.57 bits per heavy atom. The number of para-hydroxylation sites is 1. The third kappa shape index (κ3) is 3.53. The monoisotopic (exact) mass is 370 g/mol. The number of benzene rings is 3. The van der Waals surface area contributed by atoms with Crippen LogP contribution in [0, 0.1) is 10.1 Å². The number of hydrogen-bond acceptors (Lipinski definition) is 5. The quantitative estimate of drug-likeness (QED) is 0.371. The van der Waals surface area contributed by atoms with Crippen LogP contribution in [0.15, 0.2) is 78.9 Å². The fraction of sp³-hybridized carbons (Fsp3) is 0.0909. The maximum Gasteiger partial charge on any atom is 0.269 e. The average molecular weight is 370 g/mol. The molecule has 0 saturated carbocycles. The fourth-order valence-electron chi connectivity index (χ4n) is 3.14. The lowest BCUT2D eigenvalue weighted by atomic mass is 10.1. The van der Waals surface area contributed by atoms with Crippen molar-refractivity contribution in [2.45, 2.75) is 6.54 Å². The first-order valence-corrected chi connectivity index (χ1v) is 8.88. The summed E-state index contributed by atoms with van der Waals surface area (Å²) in [6.07, 6.45) is 0. The molecule has 0 atom stereocenters. The van der Waals surface area contributed by atoms with Crippen molar-refractivity contribution in [1.29, 1.82) is 0 Å². The van der Waals surface area contributed by atoms with Crippen LogP contribution in [0.1, 0.15) is 5.56 Å². The Kier molecular flexibility index (Phi) is 4.68. The first kappa shape index (κ1) is 17.6. The molecule has 0 unspecified atom stereocenters. The van der Waals surface area contributed by atoms with Crippen LogP contribution in [0.25, 0.3) is 22.3 Å². The van der Waals surface area contributed by atoms with E-state index in [0.29, 0.717) is 12.4 Å². The highest BCUT2D eigenvalue weighted by atomic mass is 16.6. The summed E-state index contributed by atoms with van der Waals surface area (Å²) in [6, 6.07) is 24.4. The van der Waals surface area contributed by atoms with Gasteiger partial charge in [0.2, 0.25) is 0 Å². The molecule has 0 spiro atoms. The molecular formula is C22H18N4O2. The second kappa shape index (κ2) is 7.44. The topological polar surface area (TPSA) is 72.2 Å². The molecule has 0 aliphatic heterocycles. The van der Waals surface area contributed by atoms with Crippen molar-refractivity contribution in [1.82, 2.24) is 9.97 Å². The lowest BCUT2D eigenvalue weighted by molar-refractivity contribution is -0.384. The van der Waals surface area contributed by atoms with Crippen molar-refractivity contribution in [2.75, 3.05) is 11.9 Å². The van der Waals surface area contributed by atoms with Crippen LogP contribution in [0.3, 0.4) is 0 Å². The summed E-state index contributed by atoms with van der Waals surface area (Å²) in [6.45, 7) is 0.710. The molecule has 28 heavy (non-hydrogen) atoms. The van der Waals surface area contributed by atoms with Gasteiger partial charge < -0.3 is 4.90 Å². The maximum atomic E-state index is 10.9. The van der Waals surface area contributed by atoms with Gasteiger partial charge in [-0.3, -0.25) is 10.1 Å². The molecule has 4 aromatic rings. The van der Waals surface area contributed by atoms with E-state index in [1.165, 1.54) is 17.7 Å². The van der Waals surface area contributed by atoms with E-state index in [0.717, 1.165) is 22.3 Å². The summed E-state index contributed by atoms with van der Waals surface area (Å²) in [5, 5.41) is 11.9. The molecule has 0 amide bonds. The lowest BCUT2D eigenvalue weighted by Crippen LogP contribution is -2.18. The fourth-order valence-corrected chi connectivity index (χ4v) is 3.14. The molecule has 0 N–H and O–H groups in total. The number of hydrogen-bond donors (Lipinski definition) is 0. The Bertz CT molecular complexity index is 1130. The van der Waals surface area contributed by atoms with Gasteiger partial charge >= 0.3 is 0 Å². The number of nitro groups is 1. The van der Waals surface area contributed by atoms with Gasteiger partial charge in [-0.05, 0) is 29.8 Å². The summed E-state index contributed by atoms with van der Waals surface area (Å²) in [5.74, 6) is 1.37. The van der Waals surface area contributed by atoms with Gasteiger partial charge in [-0.15, -0.1) is 0 Å². The van der Waals surface area contributed by atoms with Gasteiger partial charge in [0.1, 0.15) is 5.82 Å². The third-order valence-corrected chi connectivity index (χ3v) is 4.54. The van der Waals surface area contributed by atoms with Crippen LogP contribution in [-0.4, -0.2) is 21.9 Å². The van der Waals surface area contributed by atoms with Crippen molar-refractivity contribution >= 4 is 22.4 Å². The number of non-ortho nitro benzene ring substituents is 1. The second-order valence-electron chi connectivity index (χ2n) is 6.53. The first-order valence-electron chi connectivity index (χ1n) is 8.88. The molecule has 0 aliphatic carbocycles. The largest absolute Gasteiger partial charge is 0.355 e. The zero-order chi connectivity index (χ0) is 19.5. The molecule has 0 saturated heterocycles. The van der Waals surface area contributed by atoms with Gasteiger partial charge in [0.25, 0.3) is 5.69 Å². The molecule has 0 bridgehead atoms. The van der Waals surface area contributed by atoms with Gasteiger partial charge in [0.15, 0.2) is 5.82 Å². The Labute approximate surface area is 162 Å². The summed E-state index contributed by atoms with van der Waals surface area (Å²) >= 11 is 0. The Morgan fingerprint density at radius 1 is 0.893 bits per heavy atom. The summed E-state index contributed by atoms with van der Waals surface area (Å²) in [5.41, 5.74) is 2.81. The van der Waals surface area contributed by atoms with E-state index in [1.807, 2.05) is 49.5 Å². The van der Waals surface area contributed by atoms with Crippen molar-refractivity contribution in [3.63, 3.8) is 0 Å². The summed E-state index contributed by atoms with van der Waals surface area (Å²) in [4.78, 5) is 22.0. The van der Waals surface area contributed by atoms with E-state index in [9.17, 15) is 10.1 Å². The standard InChI is InChI=1S/C22H18N4O2/c1-25(15-16-7-3-2-4-8-16)22-19-9-5-6-10-20(19)23-21(24-22)17-11-13-18(14-12-17)26(27)28/h2-14H,15H2,1H3. The van der Waals surface area contributed by atoms with E-state index in [4.69, 9.17) is 4.98 Å². The predicted octanol–water partition coefficient (Wildman–Crippen LogP) is 4.84. The maximum absolute atomic E-state index is 10.9. The van der Waals surface area contributed by atoms with Crippen LogP contribution in [0.2, 0.25) is 0 Å². The molecule has 1 aromatic heterocycles. The minimum absolute atomic E-state index is 0.0472. The molecule has 6 nitrogen and oxygen atoms in total. The van der Waals surface area contributed by atoms with Crippen LogP contribution in [0.5, 0.6) is 0 Å². The molecule has 1 heterocycles. The van der Waals surface area contributed by atoms with E-state index in [2.05, 4.69) is 22.0 Å². The highest BCUT2D eigenvalue weighted by Gasteiger charge is 2.14. The van der Waals surface area contributed by atoms with Gasteiger partial charge in [-0.2, -0.15) is 0 Å². The highest BCUT2D eigenvalue weighted by Crippen LogP contribution is 2.28. The molecule has 6 heteroatoms. The molecule has 3 aromatic carbocycles. The Morgan fingerprint density at radius 3 is 2.29 bits per heavy atom. The van der Waals surface area contributed by atoms with Gasteiger partial charge in [-0.1, -0.05) is 42.5 Å². The van der Waals surface area contributed by atoms with E-state index in [-0.39, 0.29) is 5.69 Å². The number of rotatable bonds is 5. The predicted molar refractivity (Wildman–Crippen MR) is 110 cm³/mol. The third-order valence-electron chi connectivity index (χ3n) is 4.54. The minimum Gasteiger partial charge on any atom is -0.355 e. The number of nitrogens with zero attached hydrogens (tertiary/aromatic N) is 4. The zero-order valence-corrected chi connectivity index (χ0v) is 15.3. The lowest BCUT2D eigenvalue weighted by Gasteiger charge is -2.21. The van der Waals surface area contributed by atoms with E-state index >= 15 is 0 Å². The van der Waals surface area contributed by atoms with E-state index in [1.54, 1.807) is 12.1 Å². The second-order valence-corrected chi connectivity index (χ2v) is 6.53. The minimum atomic E-state index is -0.413. The number of nitro benzene ring substituents is 1. The van der Waals surface area contributed by atoms with E-state index < -0.39 is 4.92 Å². The van der Waals surface area contributed by atoms with Gasteiger partial charge in [-0.25, -0.2) is 9.97 Å². The first-order chi connectivity index (χ1) is 13.6. The number of aromatic nitrogens is 2. The smallest absolute Gasteiger partial charge is 0.269 e. The van der Waals surface area contributed by atoms with Gasteiger partial charge in [0, 0.05) is 36.7 Å². The van der Waals surface area contributed by atoms with Crippen molar-refractivity contribution in [2.24, 2.45) is 0 Å². The average Bonchev–Trinajstić information content (AvgIpc) is 2.73. The Hall–Kier alpha value is -3.80. The van der Waals surface area contributed by atoms with Crippen LogP contribution >= 0.6 is 0 Å². The number of fused-ring (bicyclic) bond motifs is 1. The SMILES string of the molecule is CN(Cc1ccccc1)c1nc(-c2ccc([N+](=O)[O-])cc2)nc2ccccc12. The van der Waals surface area contributed by atoms with Crippen LogP contribution in [-0.2, 0) is 6.54 Å². The molecule has 0 radical (unpaired) electrons. The molecule has 0 fully saturated rings. The highest BCUT2D eigenvalue weighted by molar-refractivity contribution is 5.91. The summed E-state index contributed by atoms with van der Waals surface area (Å²) < 4.78 is 0. The molecular weight excluding hydrogens is 352 g/mol. The number of anilines is 1. The summed E-state index contributed by atoms with van der Waals surface area (Å²) in [7, 11) is 2.00. The van der Waals surface area contributed by atoms with Gasteiger partial charge in [0.05, 0.1) is 10.4 Å². The van der Waals surface area contributed by atoms with Crippen molar-refractivity contribution in [3.05, 3.63) is 94.5 Å². The molecule has 138 valence electrons. The molecule has 4 rings (SSSR count). The normalized spacial score (nSPS) is 10.8. The molecule has 0 aliphatic rings. The van der Waals surface area contributed by atoms with Crippen molar-refractivity contribution in [3.8, 4) is 11.4 Å². The van der Waals surface area contributed by atoms with Crippen molar-refractivity contribution < 1.29 is 4.92 Å². The van der Waals surface area contributed by atoms with Crippen LogP contribution in [0.4, 0.5) is 11.5 Å². The Balaban J connectivity index is 1.78.